The molecule has 4 heteroatoms. The van der Waals surface area contributed by atoms with Crippen LogP contribution in [0.5, 0.6) is 0 Å². The monoisotopic (exact) mass is 437 g/mol. The molecule has 1 aliphatic heterocycles. The van der Waals surface area contributed by atoms with E-state index in [2.05, 4.69) is 35.6 Å². The maximum absolute atomic E-state index is 13.7. The lowest BCUT2D eigenvalue weighted by molar-refractivity contribution is -0.138. The molecule has 1 N–H and O–H groups in total. The molecule has 0 bridgehead atoms. The zero-order valence-corrected chi connectivity index (χ0v) is 18.9. The molecule has 1 aliphatic carbocycles. The van der Waals surface area contributed by atoms with E-state index >= 15 is 0 Å². The number of esters is 1. The molecule has 33 heavy (non-hydrogen) atoms. The van der Waals surface area contributed by atoms with Crippen LogP contribution in [0.25, 0.3) is 10.8 Å². The van der Waals surface area contributed by atoms with E-state index < -0.39 is 5.92 Å². The Labute approximate surface area is 194 Å². The average molecular weight is 438 g/mol. The summed E-state index contributed by atoms with van der Waals surface area (Å²) in [5.41, 5.74) is 5.04. The van der Waals surface area contributed by atoms with Crippen LogP contribution in [0.1, 0.15) is 49.7 Å². The van der Waals surface area contributed by atoms with Gasteiger partial charge in [-0.1, -0.05) is 72.8 Å². The Morgan fingerprint density at radius 3 is 2.48 bits per heavy atom. The van der Waals surface area contributed by atoms with E-state index in [0.29, 0.717) is 17.6 Å². The van der Waals surface area contributed by atoms with E-state index in [1.807, 2.05) is 49.4 Å². The molecular weight excluding hydrogens is 410 g/mol. The summed E-state index contributed by atoms with van der Waals surface area (Å²) in [6.45, 7) is 4.00. The number of benzene rings is 3. The second kappa shape index (κ2) is 8.70. The first-order chi connectivity index (χ1) is 16.1. The molecule has 0 radical (unpaired) electrons. The highest BCUT2D eigenvalue weighted by Gasteiger charge is 2.41. The molecule has 2 atom stereocenters. The van der Waals surface area contributed by atoms with Crippen LogP contribution in [0.2, 0.25) is 0 Å². The zero-order chi connectivity index (χ0) is 22.9. The smallest absolute Gasteiger partial charge is 0.336 e. The normalized spacial score (nSPS) is 20.5. The number of nitrogens with one attached hydrogen (secondary N) is 1. The predicted molar refractivity (Wildman–Crippen MR) is 130 cm³/mol. The van der Waals surface area contributed by atoms with Crippen LogP contribution in [0, 0.1) is 0 Å². The lowest BCUT2D eigenvalue weighted by atomic mass is 9.71. The third kappa shape index (κ3) is 3.76. The highest BCUT2D eigenvalue weighted by molar-refractivity contribution is 6.05. The number of fused-ring (bicyclic) bond motifs is 1. The molecule has 1 heterocycles. The van der Waals surface area contributed by atoms with Crippen molar-refractivity contribution in [3.63, 3.8) is 0 Å². The lowest BCUT2D eigenvalue weighted by Gasteiger charge is -2.37. The summed E-state index contributed by atoms with van der Waals surface area (Å²) < 4.78 is 5.45. The first kappa shape index (κ1) is 21.2. The number of hydrogen-bond donors (Lipinski definition) is 1. The number of rotatable bonds is 4. The average Bonchev–Trinajstić information content (AvgIpc) is 2.83. The third-order valence-corrected chi connectivity index (χ3v) is 6.73. The summed E-state index contributed by atoms with van der Waals surface area (Å²) in [6, 6.07) is 24.4. The molecular formula is C29H27NO3. The van der Waals surface area contributed by atoms with Crippen molar-refractivity contribution in [2.45, 2.75) is 38.5 Å². The second-order valence-electron chi connectivity index (χ2n) is 8.72. The number of dihydropyridines is 1. The van der Waals surface area contributed by atoms with Gasteiger partial charge in [-0.15, -0.1) is 0 Å². The Balaban J connectivity index is 1.68. The molecule has 4 nitrogen and oxygen atoms in total. The number of allylic oxidation sites excluding steroid dienone is 3. The first-order valence-corrected chi connectivity index (χ1v) is 11.5. The molecule has 0 saturated carbocycles. The fraction of sp³-hybridized carbons (Fsp3) is 0.241. The van der Waals surface area contributed by atoms with Crippen LogP contribution in [-0.2, 0) is 14.3 Å². The SMILES string of the molecule is CCOC(=O)C1=C(C)NC2=C(C(=O)C[C@H](c3ccccc3)C2)[C@@H]1c1cccc2ccccc12. The number of hydrogen-bond acceptors (Lipinski definition) is 4. The number of Topliss-reactive ketones (excluding diaryl/α,β-unsaturated/α-hetero) is 1. The number of carbonyl (C=O) groups is 2. The molecule has 166 valence electrons. The van der Waals surface area contributed by atoms with Gasteiger partial charge >= 0.3 is 5.97 Å². The van der Waals surface area contributed by atoms with Crippen LogP contribution >= 0.6 is 0 Å². The minimum Gasteiger partial charge on any atom is -0.463 e. The van der Waals surface area contributed by atoms with Crippen molar-refractivity contribution in [2.75, 3.05) is 6.61 Å². The molecule has 3 aromatic carbocycles. The fourth-order valence-corrected chi connectivity index (χ4v) is 5.29. The standard InChI is InChI=1S/C29H27NO3/c1-3-33-29(32)26-18(2)30-24-16-21(19-10-5-4-6-11-19)17-25(31)28(24)27(26)23-15-9-13-20-12-7-8-14-22(20)23/h4-15,21,27,30H,3,16-17H2,1-2H3/t21-,27-/m1/s1. The minimum atomic E-state index is -0.448. The van der Waals surface area contributed by atoms with Crippen molar-refractivity contribution in [1.82, 2.24) is 5.32 Å². The number of ketones is 1. The maximum Gasteiger partial charge on any atom is 0.336 e. The van der Waals surface area contributed by atoms with Crippen LogP contribution in [0.4, 0.5) is 0 Å². The summed E-state index contributed by atoms with van der Waals surface area (Å²) in [5.74, 6) is -0.611. The molecule has 2 aliphatic rings. The molecule has 0 aromatic heterocycles. The quantitative estimate of drug-likeness (QED) is 0.527. The van der Waals surface area contributed by atoms with E-state index in [0.717, 1.165) is 34.2 Å². The van der Waals surface area contributed by atoms with Gasteiger partial charge in [0.05, 0.1) is 12.2 Å². The summed E-state index contributed by atoms with van der Waals surface area (Å²) in [4.78, 5) is 26.8. The Hall–Kier alpha value is -3.66. The van der Waals surface area contributed by atoms with Gasteiger partial charge in [-0.3, -0.25) is 4.79 Å². The topological polar surface area (TPSA) is 55.4 Å². The molecule has 0 unspecified atom stereocenters. The van der Waals surface area contributed by atoms with Crippen molar-refractivity contribution in [1.29, 1.82) is 0 Å². The molecule has 0 fully saturated rings. The molecule has 0 amide bonds. The van der Waals surface area contributed by atoms with Gasteiger partial charge in [-0.2, -0.15) is 0 Å². The first-order valence-electron chi connectivity index (χ1n) is 11.5. The minimum absolute atomic E-state index is 0.0878. The van der Waals surface area contributed by atoms with Crippen LogP contribution in [-0.4, -0.2) is 18.4 Å². The van der Waals surface area contributed by atoms with Crippen LogP contribution in [0.3, 0.4) is 0 Å². The van der Waals surface area contributed by atoms with Crippen LogP contribution in [0.15, 0.2) is 95.3 Å². The largest absolute Gasteiger partial charge is 0.463 e. The maximum atomic E-state index is 13.7. The zero-order valence-electron chi connectivity index (χ0n) is 18.9. The Bertz CT molecular complexity index is 1300. The summed E-state index contributed by atoms with van der Waals surface area (Å²) in [6.07, 6.45) is 1.17. The lowest BCUT2D eigenvalue weighted by Crippen LogP contribution is -2.36. The highest BCUT2D eigenvalue weighted by atomic mass is 16.5. The summed E-state index contributed by atoms with van der Waals surface area (Å²) in [7, 11) is 0. The van der Waals surface area contributed by atoms with Gasteiger partial charge < -0.3 is 10.1 Å². The van der Waals surface area contributed by atoms with Gasteiger partial charge in [-0.05, 0) is 48.1 Å². The van der Waals surface area contributed by atoms with Crippen LogP contribution < -0.4 is 5.32 Å². The van der Waals surface area contributed by atoms with E-state index in [9.17, 15) is 9.59 Å². The Kier molecular flexibility index (Phi) is 5.59. The molecule has 5 rings (SSSR count). The van der Waals surface area contributed by atoms with Crippen molar-refractivity contribution in [2.24, 2.45) is 0 Å². The summed E-state index contributed by atoms with van der Waals surface area (Å²) >= 11 is 0. The van der Waals surface area contributed by atoms with Gasteiger partial charge in [0.15, 0.2) is 5.78 Å². The highest BCUT2D eigenvalue weighted by Crippen LogP contribution is 2.47. The van der Waals surface area contributed by atoms with Gasteiger partial charge in [0.1, 0.15) is 0 Å². The number of carbonyl (C=O) groups excluding carboxylic acids is 2. The molecule has 0 saturated heterocycles. The van der Waals surface area contributed by atoms with Crippen molar-refractivity contribution in [3.05, 3.63) is 106 Å². The fourth-order valence-electron chi connectivity index (χ4n) is 5.29. The predicted octanol–water partition coefficient (Wildman–Crippen LogP) is 5.76. The van der Waals surface area contributed by atoms with Gasteiger partial charge in [-0.25, -0.2) is 4.79 Å². The van der Waals surface area contributed by atoms with E-state index in [4.69, 9.17) is 4.74 Å². The van der Waals surface area contributed by atoms with Gasteiger partial charge in [0, 0.05) is 29.3 Å². The second-order valence-corrected chi connectivity index (χ2v) is 8.72. The van der Waals surface area contributed by atoms with E-state index in [1.165, 1.54) is 5.56 Å². The molecule has 0 spiro atoms. The van der Waals surface area contributed by atoms with E-state index in [1.54, 1.807) is 6.92 Å². The van der Waals surface area contributed by atoms with Gasteiger partial charge in [0.2, 0.25) is 0 Å². The Morgan fingerprint density at radius 2 is 1.70 bits per heavy atom. The molecule has 3 aromatic rings. The van der Waals surface area contributed by atoms with E-state index in [-0.39, 0.29) is 24.3 Å². The number of ether oxygens (including phenoxy) is 1. The van der Waals surface area contributed by atoms with Gasteiger partial charge in [0.25, 0.3) is 0 Å². The van der Waals surface area contributed by atoms with Crippen molar-refractivity contribution < 1.29 is 14.3 Å². The summed E-state index contributed by atoms with van der Waals surface area (Å²) in [5, 5.41) is 5.56. The third-order valence-electron chi connectivity index (χ3n) is 6.73. The van der Waals surface area contributed by atoms with Crippen molar-refractivity contribution >= 4 is 22.5 Å². The Morgan fingerprint density at radius 1 is 0.970 bits per heavy atom. The van der Waals surface area contributed by atoms with Crippen molar-refractivity contribution in [3.8, 4) is 0 Å².